The summed E-state index contributed by atoms with van der Waals surface area (Å²) in [6.45, 7) is 6.63. The van der Waals surface area contributed by atoms with Crippen LogP contribution in [0.25, 0.3) is 11.1 Å². The summed E-state index contributed by atoms with van der Waals surface area (Å²) in [7, 11) is -5.84. The van der Waals surface area contributed by atoms with Crippen molar-refractivity contribution in [1.29, 1.82) is 0 Å². The van der Waals surface area contributed by atoms with Crippen LogP contribution in [0.15, 0.2) is 89.8 Å². The molecule has 3 nitrogen and oxygen atoms in total. The minimum atomic E-state index is -5.84. The highest BCUT2D eigenvalue weighted by Crippen LogP contribution is 2.23. The first-order valence-electron chi connectivity index (χ1n) is 9.15. The Bertz CT molecular complexity index is 974. The van der Waals surface area contributed by atoms with Crippen LogP contribution in [0.3, 0.4) is 0 Å². The number of thiol groups is 1. The second-order valence-corrected chi connectivity index (χ2v) is 9.38. The first-order chi connectivity index (χ1) is 14.2. The Morgan fingerprint density at radius 1 is 0.710 bits per heavy atom. The summed E-state index contributed by atoms with van der Waals surface area (Å²) in [5, 5.41) is 0. The molecule has 0 aliphatic rings. The lowest BCUT2D eigenvalue weighted by atomic mass is 9.87. The molecule has 8 heteroatoms. The smallest absolute Gasteiger partial charge is 0.279 e. The van der Waals surface area contributed by atoms with Gasteiger partial charge in [-0.1, -0.05) is 93.6 Å². The van der Waals surface area contributed by atoms with Crippen molar-refractivity contribution in [2.24, 2.45) is 0 Å². The van der Waals surface area contributed by atoms with Crippen LogP contribution in [0.4, 0.5) is 13.2 Å². The quantitative estimate of drug-likeness (QED) is 0.228. The maximum absolute atomic E-state index is 10.7. The minimum Gasteiger partial charge on any atom is -0.279 e. The molecule has 0 fully saturated rings. The van der Waals surface area contributed by atoms with Crippen molar-refractivity contribution < 1.29 is 26.1 Å². The van der Waals surface area contributed by atoms with E-state index in [1.165, 1.54) is 16.7 Å². The molecule has 0 amide bonds. The normalized spacial score (nSPS) is 11.5. The van der Waals surface area contributed by atoms with Gasteiger partial charge in [0.05, 0.1) is 0 Å². The van der Waals surface area contributed by atoms with E-state index in [1.807, 2.05) is 24.3 Å². The second kappa shape index (κ2) is 11.4. The molecule has 0 aromatic heterocycles. The SMILES string of the molecule is CC(C)(C)c1ccc(S)cc1.O=S(=O)(O)C(F)(F)F.c1ccc(-c2ccccc2)cc1. The average Bonchev–Trinajstić information content (AvgIpc) is 2.68. The van der Waals surface area contributed by atoms with Crippen LogP contribution < -0.4 is 0 Å². The minimum absolute atomic E-state index is 0.251. The Morgan fingerprint density at radius 3 is 1.29 bits per heavy atom. The van der Waals surface area contributed by atoms with Crippen molar-refractivity contribution in [1.82, 2.24) is 0 Å². The van der Waals surface area contributed by atoms with Gasteiger partial charge in [-0.25, -0.2) is 0 Å². The lowest BCUT2D eigenvalue weighted by Crippen LogP contribution is -2.21. The molecule has 0 bridgehead atoms. The zero-order valence-electron chi connectivity index (χ0n) is 17.3. The number of rotatable bonds is 1. The van der Waals surface area contributed by atoms with Crippen molar-refractivity contribution in [2.45, 2.75) is 36.6 Å². The molecule has 3 aromatic carbocycles. The summed E-state index contributed by atoms with van der Waals surface area (Å²) >= 11 is 4.23. The van der Waals surface area contributed by atoms with Crippen molar-refractivity contribution in [2.75, 3.05) is 0 Å². The Labute approximate surface area is 187 Å². The lowest BCUT2D eigenvalue weighted by Gasteiger charge is -2.18. The highest BCUT2D eigenvalue weighted by atomic mass is 32.2. The third-order valence-electron chi connectivity index (χ3n) is 3.91. The average molecular weight is 471 g/mol. The number of hydrogen-bond acceptors (Lipinski definition) is 3. The van der Waals surface area contributed by atoms with Crippen LogP contribution in [-0.4, -0.2) is 18.5 Å². The van der Waals surface area contributed by atoms with E-state index in [1.54, 1.807) is 0 Å². The standard InChI is InChI=1S/C12H10.C10H14S.CHF3O3S/c1-3-7-11(8-4-1)12-9-5-2-6-10-12;1-10(2,3)8-4-6-9(11)7-5-8;2-1(3,4)8(5,6)7/h1-10H;4-7,11H,1-3H3;(H,5,6,7). The molecule has 0 saturated carbocycles. The van der Waals surface area contributed by atoms with Crippen molar-refractivity contribution in [3.8, 4) is 11.1 Å². The van der Waals surface area contributed by atoms with Crippen LogP contribution in [0, 0.1) is 0 Å². The Hall–Kier alpha value is -2.29. The maximum Gasteiger partial charge on any atom is 0.522 e. The van der Waals surface area contributed by atoms with Gasteiger partial charge in [-0.2, -0.15) is 21.6 Å². The van der Waals surface area contributed by atoms with Gasteiger partial charge < -0.3 is 0 Å². The van der Waals surface area contributed by atoms with Gasteiger partial charge in [0.1, 0.15) is 0 Å². The molecule has 0 radical (unpaired) electrons. The fourth-order valence-corrected chi connectivity index (χ4v) is 2.37. The molecule has 3 aromatic rings. The van der Waals surface area contributed by atoms with E-state index in [4.69, 9.17) is 13.0 Å². The first-order valence-corrected chi connectivity index (χ1v) is 11.0. The van der Waals surface area contributed by atoms with E-state index >= 15 is 0 Å². The molecule has 0 unspecified atom stereocenters. The molecular weight excluding hydrogens is 445 g/mol. The van der Waals surface area contributed by atoms with Gasteiger partial charge in [-0.15, -0.1) is 12.6 Å². The number of halogens is 3. The van der Waals surface area contributed by atoms with E-state index in [0.29, 0.717) is 0 Å². The second-order valence-electron chi connectivity index (χ2n) is 7.45. The summed E-state index contributed by atoms with van der Waals surface area (Å²) in [5.41, 5.74) is -1.37. The van der Waals surface area contributed by atoms with Gasteiger partial charge in [0.15, 0.2) is 0 Å². The van der Waals surface area contributed by atoms with E-state index < -0.39 is 15.6 Å². The third-order valence-corrected chi connectivity index (χ3v) is 4.79. The monoisotopic (exact) mass is 470 g/mol. The molecule has 0 heterocycles. The maximum atomic E-state index is 10.7. The zero-order valence-corrected chi connectivity index (χ0v) is 19.0. The summed E-state index contributed by atoms with van der Waals surface area (Å²) in [6.07, 6.45) is 0. The zero-order chi connectivity index (χ0) is 23.7. The van der Waals surface area contributed by atoms with Crippen molar-refractivity contribution >= 4 is 22.7 Å². The molecule has 1 N–H and O–H groups in total. The number of alkyl halides is 3. The predicted octanol–water partition coefficient (Wildman–Crippen LogP) is 7.02. The van der Waals surface area contributed by atoms with Gasteiger partial charge in [0.2, 0.25) is 0 Å². The molecule has 0 atom stereocenters. The predicted molar refractivity (Wildman–Crippen MR) is 122 cm³/mol. The van der Waals surface area contributed by atoms with E-state index in [0.717, 1.165) is 4.90 Å². The van der Waals surface area contributed by atoms with Gasteiger partial charge in [-0.3, -0.25) is 4.55 Å². The van der Waals surface area contributed by atoms with E-state index in [9.17, 15) is 13.2 Å². The van der Waals surface area contributed by atoms with Crippen LogP contribution >= 0.6 is 12.6 Å². The highest BCUT2D eigenvalue weighted by molar-refractivity contribution is 7.86. The summed E-state index contributed by atoms with van der Waals surface area (Å²) in [4.78, 5) is 1.03. The lowest BCUT2D eigenvalue weighted by molar-refractivity contribution is -0.0510. The van der Waals surface area contributed by atoms with Gasteiger partial charge >= 0.3 is 15.6 Å². The third kappa shape index (κ3) is 10.0. The van der Waals surface area contributed by atoms with Gasteiger partial charge in [-0.05, 0) is 34.2 Å². The summed E-state index contributed by atoms with van der Waals surface area (Å²) in [5.74, 6) is 0. The highest BCUT2D eigenvalue weighted by Gasteiger charge is 2.44. The molecule has 3 rings (SSSR count). The molecule has 0 spiro atoms. The molecular formula is C23H25F3O3S2. The van der Waals surface area contributed by atoms with Crippen LogP contribution in [-0.2, 0) is 15.5 Å². The summed E-state index contributed by atoms with van der Waals surface area (Å²) in [6, 6.07) is 29.1. The van der Waals surface area contributed by atoms with Gasteiger partial charge in [0, 0.05) is 4.90 Å². The number of hydrogen-bond donors (Lipinski definition) is 2. The Balaban J connectivity index is 0.000000238. The van der Waals surface area contributed by atoms with Crippen LogP contribution in [0.5, 0.6) is 0 Å². The summed E-state index contributed by atoms with van der Waals surface area (Å²) < 4.78 is 57.5. The van der Waals surface area contributed by atoms with E-state index in [-0.39, 0.29) is 5.41 Å². The van der Waals surface area contributed by atoms with Crippen molar-refractivity contribution in [3.63, 3.8) is 0 Å². The molecule has 0 aliphatic carbocycles. The topological polar surface area (TPSA) is 54.4 Å². The Kier molecular flexibility index (Phi) is 9.80. The van der Waals surface area contributed by atoms with Crippen molar-refractivity contribution in [3.05, 3.63) is 90.5 Å². The fraction of sp³-hybridized carbons (Fsp3) is 0.217. The molecule has 168 valence electrons. The fourth-order valence-electron chi connectivity index (χ4n) is 2.22. The van der Waals surface area contributed by atoms with Gasteiger partial charge in [0.25, 0.3) is 0 Å². The molecule has 0 saturated heterocycles. The Morgan fingerprint density at radius 2 is 1.03 bits per heavy atom. The molecule has 0 aliphatic heterocycles. The largest absolute Gasteiger partial charge is 0.522 e. The van der Waals surface area contributed by atoms with Crippen LogP contribution in [0.2, 0.25) is 0 Å². The first kappa shape index (κ1) is 26.7. The van der Waals surface area contributed by atoms with E-state index in [2.05, 4.69) is 94.1 Å². The number of benzene rings is 3. The molecule has 31 heavy (non-hydrogen) atoms. The van der Waals surface area contributed by atoms with Crippen LogP contribution in [0.1, 0.15) is 26.3 Å².